The molecule has 18 heavy (non-hydrogen) atoms. The second-order valence-electron chi connectivity index (χ2n) is 3.90. The highest BCUT2D eigenvalue weighted by atomic mass is 32.2. The average molecular weight is 255 g/mol. The first-order chi connectivity index (χ1) is 8.81. The van der Waals surface area contributed by atoms with Crippen LogP contribution in [0.4, 0.5) is 0 Å². The number of nitrogens with zero attached hydrogens (tertiary/aromatic N) is 3. The van der Waals surface area contributed by atoms with E-state index in [1.807, 2.05) is 41.0 Å². The minimum absolute atomic E-state index is 0.132. The number of nitriles is 1. The maximum Gasteiger partial charge on any atom is 0.292 e. The third kappa shape index (κ3) is 1.62. The first kappa shape index (κ1) is 11.1. The molecule has 0 N–H and O–H groups in total. The van der Waals surface area contributed by atoms with Crippen LogP contribution in [0.15, 0.2) is 40.3 Å². The molecule has 2 aromatic rings. The maximum atomic E-state index is 11.8. The zero-order chi connectivity index (χ0) is 12.5. The number of aromatic nitrogens is 2. The maximum absolute atomic E-state index is 11.8. The highest BCUT2D eigenvalue weighted by Crippen LogP contribution is 2.30. The Labute approximate surface area is 108 Å². The van der Waals surface area contributed by atoms with Gasteiger partial charge in [0.15, 0.2) is 5.16 Å². The zero-order valence-corrected chi connectivity index (χ0v) is 10.3. The minimum atomic E-state index is -0.433. The first-order valence-electron chi connectivity index (χ1n) is 5.54. The van der Waals surface area contributed by atoms with Gasteiger partial charge in [0.05, 0.1) is 5.69 Å². The van der Waals surface area contributed by atoms with E-state index in [1.165, 1.54) is 0 Å². The van der Waals surface area contributed by atoms with Crippen molar-refractivity contribution in [3.05, 3.63) is 46.2 Å². The van der Waals surface area contributed by atoms with Crippen molar-refractivity contribution < 1.29 is 0 Å². The van der Waals surface area contributed by atoms with Crippen molar-refractivity contribution in [2.45, 2.75) is 11.7 Å². The number of thioether (sulfide) groups is 1. The lowest BCUT2D eigenvalue weighted by Crippen LogP contribution is -2.18. The van der Waals surface area contributed by atoms with Crippen molar-refractivity contribution in [3.8, 4) is 17.3 Å². The van der Waals surface area contributed by atoms with Gasteiger partial charge in [-0.1, -0.05) is 42.1 Å². The quantitative estimate of drug-likeness (QED) is 0.730. The summed E-state index contributed by atoms with van der Waals surface area (Å²) in [5, 5.41) is 9.89. The summed E-state index contributed by atoms with van der Waals surface area (Å²) < 4.78 is 1.96. The molecule has 0 atom stereocenters. The van der Waals surface area contributed by atoms with Crippen LogP contribution in [0.2, 0.25) is 0 Å². The fourth-order valence-corrected chi connectivity index (χ4v) is 3.02. The molecule has 0 fully saturated rings. The van der Waals surface area contributed by atoms with Gasteiger partial charge in [-0.25, -0.2) is 0 Å². The fourth-order valence-electron chi connectivity index (χ4n) is 2.08. The lowest BCUT2D eigenvalue weighted by molar-refractivity contribution is 0.681. The summed E-state index contributed by atoms with van der Waals surface area (Å²) in [6.45, 7) is 0.784. The molecule has 3 rings (SSSR count). The summed E-state index contributed by atoms with van der Waals surface area (Å²) in [5.74, 6) is 0.890. The lowest BCUT2D eigenvalue weighted by Gasteiger charge is -2.11. The Kier molecular flexibility index (Phi) is 2.65. The van der Waals surface area contributed by atoms with Gasteiger partial charge in [0.1, 0.15) is 11.6 Å². The second-order valence-corrected chi connectivity index (χ2v) is 4.96. The van der Waals surface area contributed by atoms with Gasteiger partial charge in [-0.2, -0.15) is 10.2 Å². The van der Waals surface area contributed by atoms with E-state index in [0.717, 1.165) is 17.9 Å². The van der Waals surface area contributed by atoms with Gasteiger partial charge in [0, 0.05) is 12.3 Å². The van der Waals surface area contributed by atoms with E-state index in [1.54, 1.807) is 11.8 Å². The standard InChI is InChI=1S/C13H9N3OS/c14-8-10-11(9-4-2-1-3-5-9)16-6-7-18-13(16)15-12(10)17/h1-5H,6-7H2. The monoisotopic (exact) mass is 255 g/mol. The van der Waals surface area contributed by atoms with E-state index in [0.29, 0.717) is 10.9 Å². The van der Waals surface area contributed by atoms with Crippen molar-refractivity contribution >= 4 is 11.8 Å². The van der Waals surface area contributed by atoms with Crippen LogP contribution in [-0.4, -0.2) is 15.3 Å². The molecule has 1 aromatic heterocycles. The Morgan fingerprint density at radius 2 is 2.11 bits per heavy atom. The topological polar surface area (TPSA) is 58.7 Å². The second kappa shape index (κ2) is 4.31. The van der Waals surface area contributed by atoms with Crippen LogP contribution in [0.1, 0.15) is 5.56 Å². The predicted octanol–water partition coefficient (Wildman–Crippen LogP) is 1.89. The predicted molar refractivity (Wildman–Crippen MR) is 69.4 cm³/mol. The van der Waals surface area contributed by atoms with Crippen molar-refractivity contribution in [2.75, 3.05) is 5.75 Å². The van der Waals surface area contributed by atoms with Gasteiger partial charge in [0.2, 0.25) is 0 Å². The highest BCUT2D eigenvalue weighted by Gasteiger charge is 2.21. The third-order valence-corrected chi connectivity index (χ3v) is 3.81. The van der Waals surface area contributed by atoms with Crippen molar-refractivity contribution in [2.24, 2.45) is 0 Å². The summed E-state index contributed by atoms with van der Waals surface area (Å²) in [7, 11) is 0. The van der Waals surface area contributed by atoms with Crippen molar-refractivity contribution in [1.29, 1.82) is 5.26 Å². The number of rotatable bonds is 1. The number of fused-ring (bicyclic) bond motifs is 1. The van der Waals surface area contributed by atoms with Crippen LogP contribution in [0.5, 0.6) is 0 Å². The summed E-state index contributed by atoms with van der Waals surface area (Å²) in [6, 6.07) is 11.5. The molecule has 0 amide bonds. The Hall–Kier alpha value is -2.06. The molecular weight excluding hydrogens is 246 g/mol. The summed E-state index contributed by atoms with van der Waals surface area (Å²) in [5.41, 5.74) is 1.28. The van der Waals surface area contributed by atoms with Gasteiger partial charge >= 0.3 is 0 Å². The highest BCUT2D eigenvalue weighted by molar-refractivity contribution is 7.99. The Morgan fingerprint density at radius 1 is 1.33 bits per heavy atom. The van der Waals surface area contributed by atoms with E-state index in [4.69, 9.17) is 0 Å². The normalized spacial score (nSPS) is 13.1. The van der Waals surface area contributed by atoms with E-state index in [2.05, 4.69) is 4.98 Å². The van der Waals surface area contributed by atoms with Crippen LogP contribution in [0.25, 0.3) is 11.3 Å². The molecule has 0 saturated heterocycles. The van der Waals surface area contributed by atoms with Gasteiger partial charge in [0.25, 0.3) is 5.56 Å². The Bertz CT molecular complexity index is 701. The Morgan fingerprint density at radius 3 is 2.83 bits per heavy atom. The largest absolute Gasteiger partial charge is 0.318 e. The third-order valence-electron chi connectivity index (χ3n) is 2.85. The summed E-state index contributed by atoms with van der Waals surface area (Å²) in [4.78, 5) is 15.8. The molecule has 1 aliphatic rings. The van der Waals surface area contributed by atoms with Gasteiger partial charge in [-0.15, -0.1) is 0 Å². The van der Waals surface area contributed by atoms with Crippen molar-refractivity contribution in [3.63, 3.8) is 0 Å². The number of hydrogen-bond donors (Lipinski definition) is 0. The molecule has 88 valence electrons. The molecule has 0 unspecified atom stereocenters. The molecule has 4 nitrogen and oxygen atoms in total. The Balaban J connectivity index is 2.38. The lowest BCUT2D eigenvalue weighted by atomic mass is 10.1. The van der Waals surface area contributed by atoms with E-state index >= 15 is 0 Å². The van der Waals surface area contributed by atoms with Crippen LogP contribution < -0.4 is 5.56 Å². The molecule has 5 heteroatoms. The zero-order valence-electron chi connectivity index (χ0n) is 9.46. The number of hydrogen-bond acceptors (Lipinski definition) is 4. The molecule has 0 radical (unpaired) electrons. The smallest absolute Gasteiger partial charge is 0.292 e. The number of benzene rings is 1. The fraction of sp³-hybridized carbons (Fsp3) is 0.154. The molecule has 0 bridgehead atoms. The van der Waals surface area contributed by atoms with Crippen LogP contribution in [0.3, 0.4) is 0 Å². The van der Waals surface area contributed by atoms with E-state index in [-0.39, 0.29) is 5.56 Å². The average Bonchev–Trinajstić information content (AvgIpc) is 2.85. The molecule has 2 heterocycles. The SMILES string of the molecule is N#Cc1c(-c2ccccc2)n2c(nc1=O)SCC2. The van der Waals surface area contributed by atoms with E-state index < -0.39 is 5.56 Å². The summed E-state index contributed by atoms with van der Waals surface area (Å²) in [6.07, 6.45) is 0. The van der Waals surface area contributed by atoms with Gasteiger partial charge < -0.3 is 4.57 Å². The van der Waals surface area contributed by atoms with Crippen LogP contribution in [0, 0.1) is 11.3 Å². The molecule has 0 aliphatic carbocycles. The molecule has 1 aromatic carbocycles. The van der Waals surface area contributed by atoms with Gasteiger partial charge in [-0.3, -0.25) is 4.79 Å². The molecular formula is C13H9N3OS. The summed E-state index contributed by atoms with van der Waals surface area (Å²) >= 11 is 1.55. The van der Waals surface area contributed by atoms with Crippen molar-refractivity contribution in [1.82, 2.24) is 9.55 Å². The van der Waals surface area contributed by atoms with Gasteiger partial charge in [-0.05, 0) is 5.56 Å². The first-order valence-corrected chi connectivity index (χ1v) is 6.53. The van der Waals surface area contributed by atoms with Crippen LogP contribution >= 0.6 is 11.8 Å². The molecule has 0 spiro atoms. The molecule has 1 aliphatic heterocycles. The minimum Gasteiger partial charge on any atom is -0.318 e. The van der Waals surface area contributed by atoms with E-state index in [9.17, 15) is 10.1 Å². The molecule has 0 saturated carbocycles. The van der Waals surface area contributed by atoms with Crippen LogP contribution in [-0.2, 0) is 6.54 Å².